The number of halogens is 3. The molecule has 1 aromatic rings. The molecule has 136 valence electrons. The maximum absolute atomic E-state index is 13.3. The normalized spacial score (nSPS) is 24.4. The lowest BCUT2D eigenvalue weighted by Gasteiger charge is -2.29. The lowest BCUT2D eigenvalue weighted by atomic mass is 9.96. The molecule has 0 aliphatic carbocycles. The van der Waals surface area contributed by atoms with E-state index in [1.165, 1.54) is 23.1 Å². The molecule has 0 saturated carbocycles. The molecular formula is C18H20F3NO3. The molecule has 1 N–H and O–H groups in total. The van der Waals surface area contributed by atoms with E-state index in [2.05, 4.69) is 0 Å². The van der Waals surface area contributed by atoms with Crippen LogP contribution in [0.1, 0.15) is 43.4 Å². The predicted octanol–water partition coefficient (Wildman–Crippen LogP) is 3.42. The number of aliphatic hydroxyl groups is 1. The SMILES string of the molecule is CC1=C(C(=O)N2C[C@@H](O)C[C@H]2c2ccccc2C(F)(F)F)CCCO1. The fourth-order valence-corrected chi connectivity index (χ4v) is 3.55. The molecule has 4 nitrogen and oxygen atoms in total. The summed E-state index contributed by atoms with van der Waals surface area (Å²) in [5.74, 6) is 0.163. The van der Waals surface area contributed by atoms with Crippen molar-refractivity contribution in [1.29, 1.82) is 0 Å². The Morgan fingerprint density at radius 2 is 2.04 bits per heavy atom. The fraction of sp³-hybridized carbons (Fsp3) is 0.500. The van der Waals surface area contributed by atoms with E-state index in [4.69, 9.17) is 4.74 Å². The summed E-state index contributed by atoms with van der Waals surface area (Å²) in [6, 6.07) is 4.43. The molecule has 1 amide bonds. The minimum Gasteiger partial charge on any atom is -0.498 e. The van der Waals surface area contributed by atoms with Crippen molar-refractivity contribution in [3.63, 3.8) is 0 Å². The van der Waals surface area contributed by atoms with Crippen molar-refractivity contribution in [3.8, 4) is 0 Å². The Morgan fingerprint density at radius 1 is 1.32 bits per heavy atom. The van der Waals surface area contributed by atoms with Crippen LogP contribution < -0.4 is 0 Å². The lowest BCUT2D eigenvalue weighted by Crippen LogP contribution is -2.35. The number of benzene rings is 1. The predicted molar refractivity (Wildman–Crippen MR) is 84.4 cm³/mol. The first kappa shape index (κ1) is 17.8. The van der Waals surface area contributed by atoms with Crippen molar-refractivity contribution >= 4 is 5.91 Å². The Bertz CT molecular complexity index is 699. The summed E-state index contributed by atoms with van der Waals surface area (Å²) in [5.41, 5.74) is -0.262. The summed E-state index contributed by atoms with van der Waals surface area (Å²) in [6.07, 6.45) is -4.04. The largest absolute Gasteiger partial charge is 0.498 e. The molecule has 1 saturated heterocycles. The molecular weight excluding hydrogens is 335 g/mol. The topological polar surface area (TPSA) is 49.8 Å². The zero-order valence-corrected chi connectivity index (χ0v) is 13.8. The molecule has 0 unspecified atom stereocenters. The molecule has 7 heteroatoms. The van der Waals surface area contributed by atoms with Crippen LogP contribution >= 0.6 is 0 Å². The zero-order valence-electron chi connectivity index (χ0n) is 13.8. The van der Waals surface area contributed by atoms with Gasteiger partial charge in [0.15, 0.2) is 0 Å². The van der Waals surface area contributed by atoms with E-state index < -0.39 is 23.9 Å². The van der Waals surface area contributed by atoms with E-state index >= 15 is 0 Å². The second-order valence-electron chi connectivity index (χ2n) is 6.43. The molecule has 0 spiro atoms. The van der Waals surface area contributed by atoms with Gasteiger partial charge in [0, 0.05) is 6.54 Å². The molecule has 1 fully saturated rings. The van der Waals surface area contributed by atoms with Crippen LogP contribution in [0.4, 0.5) is 13.2 Å². The van der Waals surface area contributed by atoms with E-state index in [-0.39, 0.29) is 24.4 Å². The number of ether oxygens (including phenoxy) is 1. The molecule has 2 aliphatic heterocycles. The highest BCUT2D eigenvalue weighted by molar-refractivity contribution is 5.94. The number of alkyl halides is 3. The summed E-state index contributed by atoms with van der Waals surface area (Å²) in [6.45, 7) is 2.25. The van der Waals surface area contributed by atoms with Gasteiger partial charge in [-0.3, -0.25) is 4.79 Å². The number of nitrogens with zero attached hydrogens (tertiary/aromatic N) is 1. The summed E-state index contributed by atoms with van der Waals surface area (Å²) < 4.78 is 45.5. The number of likely N-dealkylation sites (tertiary alicyclic amines) is 1. The monoisotopic (exact) mass is 355 g/mol. The minimum atomic E-state index is -4.51. The Kier molecular flexibility index (Phi) is 4.77. The number of amides is 1. The molecule has 25 heavy (non-hydrogen) atoms. The minimum absolute atomic E-state index is 0.0203. The molecule has 2 atom stereocenters. The number of carbonyl (C=O) groups is 1. The Morgan fingerprint density at radius 3 is 2.72 bits per heavy atom. The van der Waals surface area contributed by atoms with Gasteiger partial charge in [-0.1, -0.05) is 18.2 Å². The summed E-state index contributed by atoms with van der Waals surface area (Å²) in [4.78, 5) is 14.2. The van der Waals surface area contributed by atoms with E-state index in [9.17, 15) is 23.1 Å². The standard InChI is InChI=1S/C18H20F3NO3/c1-11-13(6-4-8-25-11)17(24)22-10-12(23)9-16(22)14-5-2-3-7-15(14)18(19,20)21/h2-3,5,7,12,16,23H,4,6,8-10H2,1H3/t12-,16-/m0/s1. The maximum atomic E-state index is 13.3. The van der Waals surface area contributed by atoms with Gasteiger partial charge in [-0.2, -0.15) is 13.2 Å². The Balaban J connectivity index is 1.97. The molecule has 2 aliphatic rings. The fourth-order valence-electron chi connectivity index (χ4n) is 3.55. The Hall–Kier alpha value is -2.02. The molecule has 1 aromatic carbocycles. The highest BCUT2D eigenvalue weighted by atomic mass is 19.4. The lowest BCUT2D eigenvalue weighted by molar-refractivity contribution is -0.140. The molecule has 0 aromatic heterocycles. The van der Waals surface area contributed by atoms with E-state index in [1.807, 2.05) is 0 Å². The van der Waals surface area contributed by atoms with Crippen LogP contribution in [0, 0.1) is 0 Å². The quantitative estimate of drug-likeness (QED) is 0.884. The van der Waals surface area contributed by atoms with E-state index in [1.54, 1.807) is 6.92 Å². The van der Waals surface area contributed by atoms with Crippen molar-refractivity contribution in [3.05, 3.63) is 46.7 Å². The second kappa shape index (κ2) is 6.71. The molecule has 0 bridgehead atoms. The Labute approximate surface area is 143 Å². The maximum Gasteiger partial charge on any atom is 0.416 e. The number of rotatable bonds is 2. The molecule has 0 radical (unpaired) electrons. The summed E-state index contributed by atoms with van der Waals surface area (Å²) >= 11 is 0. The number of aliphatic hydroxyl groups excluding tert-OH is 1. The van der Waals surface area contributed by atoms with Gasteiger partial charge < -0.3 is 14.7 Å². The van der Waals surface area contributed by atoms with Crippen LogP contribution in [0.5, 0.6) is 0 Å². The van der Waals surface area contributed by atoms with Gasteiger partial charge in [-0.25, -0.2) is 0 Å². The van der Waals surface area contributed by atoms with Crippen LogP contribution in [0.15, 0.2) is 35.6 Å². The number of hydrogen-bond acceptors (Lipinski definition) is 3. The first-order valence-corrected chi connectivity index (χ1v) is 8.26. The number of carbonyl (C=O) groups excluding carboxylic acids is 1. The van der Waals surface area contributed by atoms with Gasteiger partial charge in [-0.15, -0.1) is 0 Å². The van der Waals surface area contributed by atoms with Gasteiger partial charge in [-0.05, 0) is 37.8 Å². The van der Waals surface area contributed by atoms with Gasteiger partial charge in [0.05, 0.1) is 29.9 Å². The van der Waals surface area contributed by atoms with Gasteiger partial charge in [0.25, 0.3) is 5.91 Å². The van der Waals surface area contributed by atoms with Gasteiger partial charge in [0.1, 0.15) is 5.76 Å². The number of allylic oxidation sites excluding steroid dienone is 1. The zero-order chi connectivity index (χ0) is 18.2. The van der Waals surface area contributed by atoms with Crippen molar-refractivity contribution in [2.24, 2.45) is 0 Å². The van der Waals surface area contributed by atoms with Crippen molar-refractivity contribution in [2.75, 3.05) is 13.2 Å². The average Bonchev–Trinajstić information content (AvgIpc) is 2.96. The summed E-state index contributed by atoms with van der Waals surface area (Å²) in [5, 5.41) is 10.0. The third-order valence-corrected chi connectivity index (χ3v) is 4.74. The third-order valence-electron chi connectivity index (χ3n) is 4.74. The van der Waals surface area contributed by atoms with Gasteiger partial charge >= 0.3 is 6.18 Å². The van der Waals surface area contributed by atoms with Crippen molar-refractivity contribution < 1.29 is 27.8 Å². The van der Waals surface area contributed by atoms with Crippen LogP contribution in [-0.2, 0) is 15.7 Å². The molecule has 2 heterocycles. The van der Waals surface area contributed by atoms with Crippen LogP contribution in [0.2, 0.25) is 0 Å². The number of hydrogen-bond donors (Lipinski definition) is 1. The smallest absolute Gasteiger partial charge is 0.416 e. The van der Waals surface area contributed by atoms with Gasteiger partial charge in [0.2, 0.25) is 0 Å². The second-order valence-corrected chi connectivity index (χ2v) is 6.43. The van der Waals surface area contributed by atoms with Crippen molar-refractivity contribution in [2.45, 2.75) is 44.5 Å². The third kappa shape index (κ3) is 3.51. The first-order valence-electron chi connectivity index (χ1n) is 8.26. The van der Waals surface area contributed by atoms with Crippen LogP contribution in [0.25, 0.3) is 0 Å². The average molecular weight is 355 g/mol. The van der Waals surface area contributed by atoms with Crippen molar-refractivity contribution in [1.82, 2.24) is 4.90 Å². The van der Waals surface area contributed by atoms with E-state index in [0.29, 0.717) is 30.8 Å². The summed E-state index contributed by atoms with van der Waals surface area (Å²) in [7, 11) is 0. The highest BCUT2D eigenvalue weighted by Crippen LogP contribution is 2.41. The first-order chi connectivity index (χ1) is 11.8. The molecule has 3 rings (SSSR count). The van der Waals surface area contributed by atoms with Crippen LogP contribution in [-0.4, -0.2) is 35.2 Å². The van der Waals surface area contributed by atoms with Crippen LogP contribution in [0.3, 0.4) is 0 Å². The van der Waals surface area contributed by atoms with E-state index in [0.717, 1.165) is 6.07 Å². The highest BCUT2D eigenvalue weighted by Gasteiger charge is 2.42. The number of β-amino-alcohol motifs (C(OH)–C–C–N with tert-alkyl or cyclic N) is 1.